The highest BCUT2D eigenvalue weighted by atomic mass is 32.2. The first-order valence-electron chi connectivity index (χ1n) is 7.16. The second-order valence-electron chi connectivity index (χ2n) is 5.22. The van der Waals surface area contributed by atoms with Crippen molar-refractivity contribution in [2.24, 2.45) is 5.92 Å². The molecule has 1 rings (SSSR count). The van der Waals surface area contributed by atoms with Gasteiger partial charge < -0.3 is 10.0 Å². The molecular formula is C14H25NO3S. The van der Waals surface area contributed by atoms with Crippen LogP contribution in [0, 0.1) is 5.92 Å². The van der Waals surface area contributed by atoms with Crippen LogP contribution >= 0.6 is 11.8 Å². The minimum absolute atomic E-state index is 0.113. The van der Waals surface area contributed by atoms with E-state index in [0.717, 1.165) is 17.9 Å². The van der Waals surface area contributed by atoms with Crippen LogP contribution in [0.5, 0.6) is 0 Å². The molecule has 1 N–H and O–H groups in total. The summed E-state index contributed by atoms with van der Waals surface area (Å²) in [6.45, 7) is 4.56. The second kappa shape index (κ2) is 8.46. The van der Waals surface area contributed by atoms with Crippen LogP contribution in [0.4, 0.5) is 0 Å². The van der Waals surface area contributed by atoms with Crippen LogP contribution in [0.15, 0.2) is 0 Å². The van der Waals surface area contributed by atoms with E-state index in [9.17, 15) is 9.59 Å². The van der Waals surface area contributed by atoms with Crippen molar-refractivity contribution in [2.75, 3.05) is 18.1 Å². The van der Waals surface area contributed by atoms with Crippen molar-refractivity contribution in [3.05, 3.63) is 0 Å². The minimum atomic E-state index is -0.776. The van der Waals surface area contributed by atoms with Gasteiger partial charge in [0.25, 0.3) is 0 Å². The third-order valence-electron chi connectivity index (χ3n) is 3.65. The van der Waals surface area contributed by atoms with Crippen LogP contribution in [0.25, 0.3) is 0 Å². The zero-order valence-electron chi connectivity index (χ0n) is 11.9. The summed E-state index contributed by atoms with van der Waals surface area (Å²) in [6.07, 6.45) is 4.40. The highest BCUT2D eigenvalue weighted by Crippen LogP contribution is 2.23. The molecule has 1 saturated heterocycles. The van der Waals surface area contributed by atoms with Gasteiger partial charge in [-0.15, -0.1) is 0 Å². The third-order valence-corrected chi connectivity index (χ3v) is 4.72. The summed E-state index contributed by atoms with van der Waals surface area (Å²) in [5.74, 6) is 0.911. The first-order valence-corrected chi connectivity index (χ1v) is 8.31. The third kappa shape index (κ3) is 5.43. The number of carbonyl (C=O) groups is 2. The van der Waals surface area contributed by atoms with Gasteiger partial charge in [-0.05, 0) is 31.9 Å². The Morgan fingerprint density at radius 3 is 2.68 bits per heavy atom. The molecule has 0 bridgehead atoms. The lowest BCUT2D eigenvalue weighted by atomic mass is 9.93. The number of piperidine rings is 1. The Labute approximate surface area is 119 Å². The van der Waals surface area contributed by atoms with Crippen LogP contribution in [-0.2, 0) is 9.59 Å². The van der Waals surface area contributed by atoms with Gasteiger partial charge >= 0.3 is 5.97 Å². The van der Waals surface area contributed by atoms with Crippen LogP contribution in [0.2, 0.25) is 0 Å². The van der Waals surface area contributed by atoms with E-state index in [-0.39, 0.29) is 17.9 Å². The Kier molecular flexibility index (Phi) is 7.28. The number of rotatable bonds is 7. The van der Waals surface area contributed by atoms with E-state index in [2.05, 4.69) is 6.92 Å². The fourth-order valence-electron chi connectivity index (χ4n) is 2.31. The van der Waals surface area contributed by atoms with E-state index in [0.29, 0.717) is 19.4 Å². The van der Waals surface area contributed by atoms with Crippen LogP contribution in [0.1, 0.15) is 46.0 Å². The molecule has 0 aromatic rings. The number of thioether (sulfide) groups is 1. The van der Waals surface area contributed by atoms with E-state index >= 15 is 0 Å². The molecule has 0 aliphatic carbocycles. The molecule has 19 heavy (non-hydrogen) atoms. The summed E-state index contributed by atoms with van der Waals surface area (Å²) >= 11 is 1.81. The molecule has 0 aromatic carbocycles. The van der Waals surface area contributed by atoms with Crippen LogP contribution in [0.3, 0.4) is 0 Å². The quantitative estimate of drug-likeness (QED) is 0.731. The first-order chi connectivity index (χ1) is 9.06. The molecule has 1 heterocycles. The Hall–Kier alpha value is -0.710. The topological polar surface area (TPSA) is 57.6 Å². The Balaban J connectivity index is 2.34. The number of hydrogen-bond donors (Lipinski definition) is 1. The summed E-state index contributed by atoms with van der Waals surface area (Å²) in [7, 11) is 0. The van der Waals surface area contributed by atoms with Gasteiger partial charge in [0.15, 0.2) is 0 Å². The second-order valence-corrected chi connectivity index (χ2v) is 6.45. The summed E-state index contributed by atoms with van der Waals surface area (Å²) < 4.78 is 0. The van der Waals surface area contributed by atoms with E-state index in [4.69, 9.17) is 5.11 Å². The molecule has 0 spiro atoms. The van der Waals surface area contributed by atoms with E-state index in [1.807, 2.05) is 18.7 Å². The normalized spacial score (nSPS) is 23.4. The van der Waals surface area contributed by atoms with Crippen LogP contribution in [-0.4, -0.2) is 46.0 Å². The number of carbonyl (C=O) groups excluding carboxylic acids is 1. The smallest absolute Gasteiger partial charge is 0.308 e. The van der Waals surface area contributed by atoms with Crippen molar-refractivity contribution >= 4 is 23.6 Å². The van der Waals surface area contributed by atoms with E-state index in [1.54, 1.807) is 4.90 Å². The predicted octanol–water partition coefficient (Wildman–Crippen LogP) is 2.62. The van der Waals surface area contributed by atoms with Crippen molar-refractivity contribution in [1.29, 1.82) is 0 Å². The Morgan fingerprint density at radius 1 is 1.32 bits per heavy atom. The van der Waals surface area contributed by atoms with Crippen molar-refractivity contribution in [1.82, 2.24) is 4.90 Å². The van der Waals surface area contributed by atoms with Crippen LogP contribution < -0.4 is 0 Å². The molecule has 1 fully saturated rings. The fourth-order valence-corrected chi connectivity index (χ4v) is 3.32. The summed E-state index contributed by atoms with van der Waals surface area (Å²) in [4.78, 5) is 24.9. The largest absolute Gasteiger partial charge is 0.481 e. The number of carboxylic acids is 1. The number of hydrogen-bond acceptors (Lipinski definition) is 3. The van der Waals surface area contributed by atoms with E-state index in [1.165, 1.54) is 12.8 Å². The number of carboxylic acid groups (broad SMARTS) is 1. The number of aliphatic carboxylic acids is 1. The van der Waals surface area contributed by atoms with Crippen molar-refractivity contribution in [2.45, 2.75) is 52.0 Å². The minimum Gasteiger partial charge on any atom is -0.481 e. The van der Waals surface area contributed by atoms with Gasteiger partial charge in [-0.1, -0.05) is 13.3 Å². The van der Waals surface area contributed by atoms with Gasteiger partial charge in [0.2, 0.25) is 5.91 Å². The molecule has 0 radical (unpaired) electrons. The molecule has 2 atom stereocenters. The fraction of sp³-hybridized carbons (Fsp3) is 0.857. The van der Waals surface area contributed by atoms with Gasteiger partial charge in [-0.25, -0.2) is 0 Å². The zero-order valence-corrected chi connectivity index (χ0v) is 12.7. The van der Waals surface area contributed by atoms with Gasteiger partial charge in [0.05, 0.1) is 5.92 Å². The Bertz CT molecular complexity index is 309. The van der Waals surface area contributed by atoms with Gasteiger partial charge in [-0.3, -0.25) is 9.59 Å². The molecule has 0 saturated carbocycles. The molecular weight excluding hydrogens is 262 g/mol. The molecule has 110 valence electrons. The Morgan fingerprint density at radius 2 is 2.05 bits per heavy atom. The van der Waals surface area contributed by atoms with Gasteiger partial charge in [-0.2, -0.15) is 11.8 Å². The molecule has 5 heteroatoms. The SMILES string of the molecule is CCCCSCCC(=O)N1CC(C(=O)O)CCC1C. The average Bonchev–Trinajstić information content (AvgIpc) is 2.38. The lowest BCUT2D eigenvalue weighted by molar-refractivity contribution is -0.147. The maximum atomic E-state index is 12.1. The number of amides is 1. The maximum absolute atomic E-state index is 12.1. The highest BCUT2D eigenvalue weighted by molar-refractivity contribution is 7.99. The molecule has 1 aliphatic heterocycles. The van der Waals surface area contributed by atoms with Crippen molar-refractivity contribution in [3.8, 4) is 0 Å². The zero-order chi connectivity index (χ0) is 14.3. The highest BCUT2D eigenvalue weighted by Gasteiger charge is 2.31. The van der Waals surface area contributed by atoms with Crippen molar-refractivity contribution < 1.29 is 14.7 Å². The molecule has 4 nitrogen and oxygen atoms in total. The van der Waals surface area contributed by atoms with Crippen molar-refractivity contribution in [3.63, 3.8) is 0 Å². The molecule has 1 aliphatic rings. The summed E-state index contributed by atoms with van der Waals surface area (Å²) in [6, 6.07) is 0.184. The lowest BCUT2D eigenvalue weighted by Gasteiger charge is -2.36. The molecule has 1 amide bonds. The number of nitrogens with zero attached hydrogens (tertiary/aromatic N) is 1. The van der Waals surface area contributed by atoms with Gasteiger partial charge in [0, 0.05) is 24.8 Å². The predicted molar refractivity (Wildman–Crippen MR) is 78.4 cm³/mol. The lowest BCUT2D eigenvalue weighted by Crippen LogP contribution is -2.47. The summed E-state index contributed by atoms with van der Waals surface area (Å²) in [5, 5.41) is 9.06. The maximum Gasteiger partial charge on any atom is 0.308 e. The number of unbranched alkanes of at least 4 members (excludes halogenated alkanes) is 1. The van der Waals surface area contributed by atoms with E-state index < -0.39 is 5.97 Å². The first kappa shape index (κ1) is 16.3. The average molecular weight is 287 g/mol. The molecule has 2 unspecified atom stereocenters. The van der Waals surface area contributed by atoms with Gasteiger partial charge in [0.1, 0.15) is 0 Å². The summed E-state index contributed by atoms with van der Waals surface area (Å²) in [5.41, 5.74) is 0. The molecule has 0 aromatic heterocycles. The number of likely N-dealkylation sites (tertiary alicyclic amines) is 1. The monoisotopic (exact) mass is 287 g/mol. The standard InChI is InChI=1S/C14H25NO3S/c1-3-4-8-19-9-7-13(16)15-10-12(14(17)18)6-5-11(15)2/h11-12H,3-10H2,1-2H3,(H,17,18).